The van der Waals surface area contributed by atoms with Gasteiger partial charge in [0.1, 0.15) is 0 Å². The zero-order valence-electron chi connectivity index (χ0n) is 9.44. The highest BCUT2D eigenvalue weighted by molar-refractivity contribution is 4.73. The lowest BCUT2D eigenvalue weighted by Crippen LogP contribution is -2.13. The maximum atomic E-state index is 11.7. The van der Waals surface area contributed by atoms with Gasteiger partial charge in [0.2, 0.25) is 0 Å². The van der Waals surface area contributed by atoms with E-state index in [1.807, 2.05) is 6.92 Å². The first-order valence-electron chi connectivity index (χ1n) is 5.48. The number of unbranched alkanes of at least 4 members (excludes halogenated alkanes) is 2. The van der Waals surface area contributed by atoms with E-state index in [1.54, 1.807) is 0 Å². The maximum Gasteiger partial charge on any atom is 0.392 e. The van der Waals surface area contributed by atoms with E-state index in [9.17, 15) is 13.2 Å². The molecule has 0 aromatic carbocycles. The van der Waals surface area contributed by atoms with E-state index in [2.05, 4.69) is 6.92 Å². The Hall–Kier alpha value is -0.250. The van der Waals surface area contributed by atoms with Gasteiger partial charge in [0.05, 0.1) is 12.5 Å². The average molecular weight is 225 g/mol. The Morgan fingerprint density at radius 1 is 1.27 bits per heavy atom. The molecule has 1 atom stereocenters. The van der Waals surface area contributed by atoms with Crippen LogP contribution in [0.2, 0.25) is 0 Å². The highest BCUT2D eigenvalue weighted by Crippen LogP contribution is 2.20. The van der Waals surface area contributed by atoms with Crippen molar-refractivity contribution < 1.29 is 17.9 Å². The van der Waals surface area contributed by atoms with Gasteiger partial charge in [-0.25, -0.2) is 0 Å². The molecule has 0 aliphatic heterocycles. The van der Waals surface area contributed by atoms with Crippen LogP contribution >= 0.6 is 0 Å². The van der Waals surface area contributed by atoms with Crippen LogP contribution in [-0.2, 0) is 4.74 Å². The van der Waals surface area contributed by atoms with Crippen LogP contribution in [-0.4, -0.2) is 18.9 Å². The number of hydrogen-bond donors (Lipinski definition) is 0. The molecule has 0 rings (SSSR count). The highest BCUT2D eigenvalue weighted by Gasteiger charge is 2.26. The summed E-state index contributed by atoms with van der Waals surface area (Å²) in [4.78, 5) is 0. The van der Waals surface area contributed by atoms with E-state index < -0.39 is 6.18 Å². The Morgan fingerprint density at radius 2 is 1.93 bits per heavy atom. The molecule has 0 fully saturated rings. The van der Waals surface area contributed by atoms with E-state index in [0.29, 0.717) is 6.42 Å². The molecule has 1 radical (unpaired) electrons. The second kappa shape index (κ2) is 7.97. The van der Waals surface area contributed by atoms with Crippen LogP contribution in [0.25, 0.3) is 0 Å². The number of ether oxygens (including phenoxy) is 1. The minimum absolute atomic E-state index is 0.0540. The van der Waals surface area contributed by atoms with Crippen LogP contribution in [0, 0.1) is 6.42 Å². The van der Waals surface area contributed by atoms with Gasteiger partial charge >= 0.3 is 6.18 Å². The molecular formula is C11H20F3O. The third kappa shape index (κ3) is 11.7. The molecule has 0 amide bonds. The SMILES string of the molecule is CCCCCC(C)OCC[CH]C(F)(F)F. The molecule has 0 aliphatic rings. The summed E-state index contributed by atoms with van der Waals surface area (Å²) in [6.07, 6.45) is 0.498. The van der Waals surface area contributed by atoms with Gasteiger partial charge in [0, 0.05) is 6.61 Å². The molecular weight excluding hydrogens is 205 g/mol. The number of hydrogen-bond acceptors (Lipinski definition) is 1. The molecule has 0 saturated heterocycles. The first-order valence-corrected chi connectivity index (χ1v) is 5.48. The average Bonchev–Trinajstić information content (AvgIpc) is 2.11. The van der Waals surface area contributed by atoms with Gasteiger partial charge < -0.3 is 4.74 Å². The van der Waals surface area contributed by atoms with Crippen molar-refractivity contribution in [3.63, 3.8) is 0 Å². The van der Waals surface area contributed by atoms with Crippen LogP contribution in [0.15, 0.2) is 0 Å². The van der Waals surface area contributed by atoms with Crippen molar-refractivity contribution in [3.8, 4) is 0 Å². The molecule has 0 saturated carbocycles. The summed E-state index contributed by atoms with van der Waals surface area (Å²) in [5.74, 6) is 0. The normalized spacial score (nSPS) is 14.2. The lowest BCUT2D eigenvalue weighted by Gasteiger charge is -2.13. The minimum atomic E-state index is -4.17. The monoisotopic (exact) mass is 225 g/mol. The van der Waals surface area contributed by atoms with Gasteiger partial charge in [-0.2, -0.15) is 13.2 Å². The number of halogens is 3. The van der Waals surface area contributed by atoms with Crippen molar-refractivity contribution in [3.05, 3.63) is 6.42 Å². The second-order valence-corrected chi connectivity index (χ2v) is 3.71. The minimum Gasteiger partial charge on any atom is -0.378 e. The van der Waals surface area contributed by atoms with E-state index >= 15 is 0 Å². The lowest BCUT2D eigenvalue weighted by atomic mass is 10.1. The van der Waals surface area contributed by atoms with Crippen molar-refractivity contribution in [2.45, 2.75) is 58.2 Å². The Morgan fingerprint density at radius 3 is 2.47 bits per heavy atom. The van der Waals surface area contributed by atoms with Crippen molar-refractivity contribution in [2.24, 2.45) is 0 Å². The van der Waals surface area contributed by atoms with Crippen LogP contribution in [0.1, 0.15) is 46.0 Å². The van der Waals surface area contributed by atoms with Crippen molar-refractivity contribution in [1.82, 2.24) is 0 Å². The fraction of sp³-hybridized carbons (Fsp3) is 0.909. The molecule has 0 heterocycles. The first kappa shape index (κ1) is 14.8. The summed E-state index contributed by atoms with van der Waals surface area (Å²) < 4.78 is 40.4. The van der Waals surface area contributed by atoms with Gasteiger partial charge in [0.25, 0.3) is 0 Å². The molecule has 0 aliphatic carbocycles. The Bertz CT molecular complexity index is 145. The van der Waals surface area contributed by atoms with Crippen LogP contribution in [0.3, 0.4) is 0 Å². The summed E-state index contributed by atoms with van der Waals surface area (Å²) >= 11 is 0. The highest BCUT2D eigenvalue weighted by atomic mass is 19.4. The van der Waals surface area contributed by atoms with Gasteiger partial charge in [0.15, 0.2) is 0 Å². The fourth-order valence-corrected chi connectivity index (χ4v) is 1.26. The lowest BCUT2D eigenvalue weighted by molar-refractivity contribution is -0.101. The number of rotatable bonds is 8. The van der Waals surface area contributed by atoms with Crippen LogP contribution in [0.4, 0.5) is 13.2 Å². The Kier molecular flexibility index (Phi) is 7.83. The molecule has 1 unspecified atom stereocenters. The Balaban J connectivity index is 3.27. The van der Waals surface area contributed by atoms with E-state index in [0.717, 1.165) is 25.7 Å². The van der Waals surface area contributed by atoms with E-state index in [1.165, 1.54) is 0 Å². The maximum absolute atomic E-state index is 11.7. The first-order chi connectivity index (χ1) is 6.95. The molecule has 0 aromatic rings. The van der Waals surface area contributed by atoms with Crippen LogP contribution in [0.5, 0.6) is 0 Å². The van der Waals surface area contributed by atoms with Crippen molar-refractivity contribution in [2.75, 3.05) is 6.61 Å². The van der Waals surface area contributed by atoms with Gasteiger partial charge in [-0.15, -0.1) is 0 Å². The standard InChI is InChI=1S/C11H20F3O/c1-3-4-5-7-10(2)15-9-6-8-11(12,13)14/h8,10H,3-7,9H2,1-2H3. The predicted molar refractivity (Wildman–Crippen MR) is 54.5 cm³/mol. The fourth-order valence-electron chi connectivity index (χ4n) is 1.26. The molecule has 91 valence electrons. The van der Waals surface area contributed by atoms with Gasteiger partial charge in [-0.1, -0.05) is 26.2 Å². The van der Waals surface area contributed by atoms with E-state index in [-0.39, 0.29) is 19.1 Å². The summed E-state index contributed by atoms with van der Waals surface area (Å²) in [6.45, 7) is 4.18. The third-order valence-corrected chi connectivity index (χ3v) is 2.11. The zero-order chi connectivity index (χ0) is 11.7. The quantitative estimate of drug-likeness (QED) is 0.564. The topological polar surface area (TPSA) is 9.23 Å². The number of alkyl halides is 3. The Labute approximate surface area is 90.0 Å². The van der Waals surface area contributed by atoms with Crippen molar-refractivity contribution >= 4 is 0 Å². The molecule has 1 nitrogen and oxygen atoms in total. The molecule has 4 heteroatoms. The predicted octanol–water partition coefficient (Wildman–Crippen LogP) is 4.13. The van der Waals surface area contributed by atoms with Gasteiger partial charge in [-0.05, 0) is 19.8 Å². The van der Waals surface area contributed by atoms with Crippen molar-refractivity contribution in [1.29, 1.82) is 0 Å². The summed E-state index contributed by atoms with van der Waals surface area (Å²) in [5, 5.41) is 0. The molecule has 15 heavy (non-hydrogen) atoms. The summed E-state index contributed by atoms with van der Waals surface area (Å²) in [5.41, 5.74) is 0. The van der Waals surface area contributed by atoms with E-state index in [4.69, 9.17) is 4.74 Å². The van der Waals surface area contributed by atoms with Crippen LogP contribution < -0.4 is 0 Å². The smallest absolute Gasteiger partial charge is 0.378 e. The third-order valence-electron chi connectivity index (χ3n) is 2.11. The molecule has 0 spiro atoms. The zero-order valence-corrected chi connectivity index (χ0v) is 9.44. The summed E-state index contributed by atoms with van der Waals surface area (Å²) in [6, 6.07) is 0. The summed E-state index contributed by atoms with van der Waals surface area (Å²) in [7, 11) is 0. The van der Waals surface area contributed by atoms with Gasteiger partial charge in [-0.3, -0.25) is 0 Å². The molecule has 0 bridgehead atoms. The second-order valence-electron chi connectivity index (χ2n) is 3.71. The molecule has 0 N–H and O–H groups in total. The largest absolute Gasteiger partial charge is 0.392 e. The molecule has 0 aromatic heterocycles.